The number of rotatable bonds is 3. The molecule has 1 amide bonds. The number of hydrogen-bond donors (Lipinski definition) is 1. The SMILES string of the molecule is Cc1cc(F)cc(NC(=O)c2nc(C(C)C)ncc2Cl)c1. The number of amides is 1. The quantitative estimate of drug-likeness (QED) is 0.934. The lowest BCUT2D eigenvalue weighted by atomic mass is 10.2. The largest absolute Gasteiger partial charge is 0.320 e. The van der Waals surface area contributed by atoms with Gasteiger partial charge in [0.1, 0.15) is 11.6 Å². The number of anilines is 1. The lowest BCUT2D eigenvalue weighted by Crippen LogP contribution is -2.16. The Morgan fingerprint density at radius 1 is 1.33 bits per heavy atom. The Labute approximate surface area is 127 Å². The van der Waals surface area contributed by atoms with E-state index < -0.39 is 11.7 Å². The van der Waals surface area contributed by atoms with Crippen molar-refractivity contribution in [3.05, 3.63) is 52.3 Å². The van der Waals surface area contributed by atoms with Crippen molar-refractivity contribution in [2.24, 2.45) is 0 Å². The van der Waals surface area contributed by atoms with E-state index in [1.807, 2.05) is 13.8 Å². The lowest BCUT2D eigenvalue weighted by Gasteiger charge is -2.09. The molecule has 0 fully saturated rings. The van der Waals surface area contributed by atoms with Gasteiger partial charge in [-0.25, -0.2) is 14.4 Å². The molecule has 0 radical (unpaired) electrons. The average Bonchev–Trinajstić information content (AvgIpc) is 2.37. The Hall–Kier alpha value is -2.01. The van der Waals surface area contributed by atoms with Gasteiger partial charge < -0.3 is 5.32 Å². The summed E-state index contributed by atoms with van der Waals surface area (Å²) < 4.78 is 13.3. The van der Waals surface area contributed by atoms with E-state index in [9.17, 15) is 9.18 Å². The van der Waals surface area contributed by atoms with Crippen LogP contribution in [0, 0.1) is 12.7 Å². The van der Waals surface area contributed by atoms with Crippen LogP contribution in [0.25, 0.3) is 0 Å². The van der Waals surface area contributed by atoms with Crippen LogP contribution in [-0.2, 0) is 0 Å². The highest BCUT2D eigenvalue weighted by molar-refractivity contribution is 6.33. The maximum absolute atomic E-state index is 13.3. The van der Waals surface area contributed by atoms with Gasteiger partial charge in [-0.3, -0.25) is 4.79 Å². The Morgan fingerprint density at radius 2 is 2.05 bits per heavy atom. The van der Waals surface area contributed by atoms with Crippen LogP contribution in [0.5, 0.6) is 0 Å². The molecule has 110 valence electrons. The molecule has 1 heterocycles. The molecular weight excluding hydrogens is 293 g/mol. The van der Waals surface area contributed by atoms with Crippen molar-refractivity contribution in [1.29, 1.82) is 0 Å². The molecular formula is C15H15ClFN3O. The second kappa shape index (κ2) is 6.18. The smallest absolute Gasteiger partial charge is 0.275 e. The predicted octanol–water partition coefficient (Wildman–Crippen LogP) is 3.95. The first-order valence-electron chi connectivity index (χ1n) is 6.48. The number of nitrogens with zero attached hydrogens (tertiary/aromatic N) is 2. The van der Waals surface area contributed by atoms with E-state index in [1.165, 1.54) is 18.3 Å². The van der Waals surface area contributed by atoms with Crippen molar-refractivity contribution in [1.82, 2.24) is 9.97 Å². The third kappa shape index (κ3) is 3.76. The Kier molecular flexibility index (Phi) is 4.53. The van der Waals surface area contributed by atoms with E-state index in [2.05, 4.69) is 15.3 Å². The highest BCUT2D eigenvalue weighted by Gasteiger charge is 2.16. The van der Waals surface area contributed by atoms with Crippen molar-refractivity contribution in [3.63, 3.8) is 0 Å². The van der Waals surface area contributed by atoms with Gasteiger partial charge in [-0.1, -0.05) is 25.4 Å². The van der Waals surface area contributed by atoms with Gasteiger partial charge in [-0.15, -0.1) is 0 Å². The topological polar surface area (TPSA) is 54.9 Å². The Bertz CT molecular complexity index is 668. The summed E-state index contributed by atoms with van der Waals surface area (Å²) in [5, 5.41) is 2.75. The van der Waals surface area contributed by atoms with Crippen LogP contribution < -0.4 is 5.32 Å². The molecule has 21 heavy (non-hydrogen) atoms. The Balaban J connectivity index is 2.29. The molecule has 1 aromatic carbocycles. The second-order valence-electron chi connectivity index (χ2n) is 5.05. The molecule has 2 rings (SSSR count). The monoisotopic (exact) mass is 307 g/mol. The molecule has 0 saturated carbocycles. The summed E-state index contributed by atoms with van der Waals surface area (Å²) in [6.07, 6.45) is 1.40. The van der Waals surface area contributed by atoms with Crippen LogP contribution in [0.3, 0.4) is 0 Å². The van der Waals surface area contributed by atoms with Gasteiger partial charge in [-0.05, 0) is 30.7 Å². The normalized spacial score (nSPS) is 10.8. The Morgan fingerprint density at radius 3 is 2.67 bits per heavy atom. The molecule has 2 aromatic rings. The molecule has 1 N–H and O–H groups in total. The summed E-state index contributed by atoms with van der Waals surface area (Å²) in [5.41, 5.74) is 1.15. The van der Waals surface area contributed by atoms with Gasteiger partial charge >= 0.3 is 0 Å². The zero-order valence-electron chi connectivity index (χ0n) is 11.9. The van der Waals surface area contributed by atoms with Crippen molar-refractivity contribution in [2.75, 3.05) is 5.32 Å². The first-order chi connectivity index (χ1) is 9.86. The van der Waals surface area contributed by atoms with Crippen molar-refractivity contribution < 1.29 is 9.18 Å². The maximum Gasteiger partial charge on any atom is 0.275 e. The van der Waals surface area contributed by atoms with E-state index in [1.54, 1.807) is 13.0 Å². The number of benzene rings is 1. The van der Waals surface area contributed by atoms with Gasteiger partial charge in [0.25, 0.3) is 5.91 Å². The average molecular weight is 308 g/mol. The van der Waals surface area contributed by atoms with Gasteiger partial charge in [0.2, 0.25) is 0 Å². The van der Waals surface area contributed by atoms with Crippen LogP contribution in [0.2, 0.25) is 5.02 Å². The predicted molar refractivity (Wildman–Crippen MR) is 80.2 cm³/mol. The fourth-order valence-corrected chi connectivity index (χ4v) is 1.99. The minimum Gasteiger partial charge on any atom is -0.320 e. The second-order valence-corrected chi connectivity index (χ2v) is 5.46. The molecule has 4 nitrogen and oxygen atoms in total. The number of aryl methyl sites for hydroxylation is 1. The number of carbonyl (C=O) groups excluding carboxylic acids is 1. The number of hydrogen-bond acceptors (Lipinski definition) is 3. The minimum absolute atomic E-state index is 0.0743. The van der Waals surface area contributed by atoms with Crippen LogP contribution in [0.4, 0.5) is 10.1 Å². The highest BCUT2D eigenvalue weighted by Crippen LogP contribution is 2.19. The van der Waals surface area contributed by atoms with Crippen LogP contribution in [0.15, 0.2) is 24.4 Å². The molecule has 0 spiro atoms. The van der Waals surface area contributed by atoms with E-state index in [0.29, 0.717) is 17.1 Å². The summed E-state index contributed by atoms with van der Waals surface area (Å²) in [7, 11) is 0. The summed E-state index contributed by atoms with van der Waals surface area (Å²) >= 11 is 5.96. The van der Waals surface area contributed by atoms with Crippen LogP contribution in [0.1, 0.15) is 41.6 Å². The summed E-state index contributed by atoms with van der Waals surface area (Å²) in [6, 6.07) is 4.28. The first kappa shape index (κ1) is 15.4. The van der Waals surface area contributed by atoms with Gasteiger partial charge in [0.05, 0.1) is 11.2 Å². The zero-order chi connectivity index (χ0) is 15.6. The van der Waals surface area contributed by atoms with Gasteiger partial charge in [0, 0.05) is 11.6 Å². The number of carbonyl (C=O) groups is 1. The molecule has 0 bridgehead atoms. The fraction of sp³-hybridized carbons (Fsp3) is 0.267. The van der Waals surface area contributed by atoms with Gasteiger partial charge in [0.15, 0.2) is 5.69 Å². The molecule has 0 saturated heterocycles. The van der Waals surface area contributed by atoms with Crippen molar-refractivity contribution in [3.8, 4) is 0 Å². The number of aromatic nitrogens is 2. The van der Waals surface area contributed by atoms with E-state index in [0.717, 1.165) is 0 Å². The molecule has 6 heteroatoms. The molecule has 0 aliphatic rings. The van der Waals surface area contributed by atoms with Gasteiger partial charge in [-0.2, -0.15) is 0 Å². The molecule has 0 atom stereocenters. The van der Waals surface area contributed by atoms with Crippen LogP contribution >= 0.6 is 11.6 Å². The number of nitrogens with one attached hydrogen (secondary N) is 1. The summed E-state index contributed by atoms with van der Waals surface area (Å²) in [4.78, 5) is 20.5. The van der Waals surface area contributed by atoms with Crippen molar-refractivity contribution in [2.45, 2.75) is 26.7 Å². The van der Waals surface area contributed by atoms with E-state index in [-0.39, 0.29) is 16.6 Å². The van der Waals surface area contributed by atoms with E-state index in [4.69, 9.17) is 11.6 Å². The molecule has 0 unspecified atom stereocenters. The number of halogens is 2. The third-order valence-electron chi connectivity index (χ3n) is 2.79. The standard InChI is InChI=1S/C15H15ClFN3O/c1-8(2)14-18-7-12(16)13(20-14)15(21)19-11-5-9(3)4-10(17)6-11/h4-8H,1-3H3,(H,19,21). The fourth-order valence-electron chi connectivity index (χ4n) is 1.82. The summed E-state index contributed by atoms with van der Waals surface area (Å²) in [5.74, 6) is -0.304. The summed E-state index contributed by atoms with van der Waals surface area (Å²) in [6.45, 7) is 5.58. The van der Waals surface area contributed by atoms with Crippen LogP contribution in [-0.4, -0.2) is 15.9 Å². The minimum atomic E-state index is -0.491. The molecule has 1 aromatic heterocycles. The van der Waals surface area contributed by atoms with E-state index >= 15 is 0 Å². The lowest BCUT2D eigenvalue weighted by molar-refractivity contribution is 0.102. The first-order valence-corrected chi connectivity index (χ1v) is 6.85. The maximum atomic E-state index is 13.3. The molecule has 0 aliphatic carbocycles. The molecule has 0 aliphatic heterocycles. The third-order valence-corrected chi connectivity index (χ3v) is 3.07. The zero-order valence-corrected chi connectivity index (χ0v) is 12.7. The highest BCUT2D eigenvalue weighted by atomic mass is 35.5. The van der Waals surface area contributed by atoms with Crippen molar-refractivity contribution >= 4 is 23.2 Å².